The van der Waals surface area contributed by atoms with Crippen LogP contribution in [0.3, 0.4) is 0 Å². The number of imide groups is 1. The Morgan fingerprint density at radius 1 is 1.03 bits per heavy atom. The molecule has 0 aromatic heterocycles. The summed E-state index contributed by atoms with van der Waals surface area (Å²) in [7, 11) is 0. The number of benzene rings is 1. The molecule has 0 aliphatic carbocycles. The Labute approximate surface area is 219 Å². The van der Waals surface area contributed by atoms with Gasteiger partial charge in [0.25, 0.3) is 0 Å². The lowest BCUT2D eigenvalue weighted by Gasteiger charge is -2.46. The normalized spacial score (nSPS) is 20.5. The molecule has 3 atom stereocenters. The van der Waals surface area contributed by atoms with E-state index in [-0.39, 0.29) is 37.6 Å². The minimum atomic E-state index is -0.944. The third-order valence-corrected chi connectivity index (χ3v) is 7.04. The van der Waals surface area contributed by atoms with Crippen LogP contribution in [-0.2, 0) is 25.7 Å². The number of nitrogens with zero attached hydrogens (tertiary/aromatic N) is 3. The molecule has 0 bridgehead atoms. The molecule has 2 saturated heterocycles. The zero-order valence-electron chi connectivity index (χ0n) is 22.4. The van der Waals surface area contributed by atoms with Gasteiger partial charge in [-0.3, -0.25) is 4.79 Å². The van der Waals surface area contributed by atoms with E-state index in [0.29, 0.717) is 25.9 Å². The van der Waals surface area contributed by atoms with Crippen LogP contribution in [0, 0.1) is 11.8 Å². The van der Waals surface area contributed by atoms with E-state index in [2.05, 4.69) is 5.32 Å². The predicted molar refractivity (Wildman–Crippen MR) is 137 cm³/mol. The second kappa shape index (κ2) is 13.4. The minimum Gasteiger partial charge on any atom is -0.459 e. The Morgan fingerprint density at radius 3 is 2.30 bits per heavy atom. The summed E-state index contributed by atoms with van der Waals surface area (Å²) >= 11 is 0. The number of piperazine rings is 1. The number of β-lactam (4-membered cyclic amide) rings is 1. The summed E-state index contributed by atoms with van der Waals surface area (Å²) < 4.78 is 11.0. The highest BCUT2D eigenvalue weighted by molar-refractivity contribution is 6.07. The van der Waals surface area contributed by atoms with E-state index in [1.165, 1.54) is 4.90 Å². The first-order chi connectivity index (χ1) is 17.7. The highest BCUT2D eigenvalue weighted by Crippen LogP contribution is 2.33. The number of likely N-dealkylation sites (tertiary alicyclic amines) is 1. The van der Waals surface area contributed by atoms with Crippen molar-refractivity contribution in [2.24, 2.45) is 11.8 Å². The third-order valence-electron chi connectivity index (χ3n) is 7.04. The number of hydrogen-bond acceptors (Lipinski definition) is 7. The number of esters is 1. The molecule has 3 rings (SSSR count). The molecule has 1 aromatic rings. The Balaban J connectivity index is 1.61. The summed E-state index contributed by atoms with van der Waals surface area (Å²) in [6, 6.07) is 7.83. The van der Waals surface area contributed by atoms with Gasteiger partial charge in [0.05, 0.1) is 5.92 Å². The molecule has 2 aliphatic heterocycles. The number of rotatable bonds is 10. The van der Waals surface area contributed by atoms with Gasteiger partial charge in [-0.2, -0.15) is 0 Å². The van der Waals surface area contributed by atoms with E-state index in [4.69, 9.17) is 9.47 Å². The first-order valence-corrected chi connectivity index (χ1v) is 13.2. The lowest BCUT2D eigenvalue weighted by Crippen LogP contribution is -2.69. The van der Waals surface area contributed by atoms with Crippen LogP contribution in [0.25, 0.3) is 0 Å². The second-order valence-electron chi connectivity index (χ2n) is 9.94. The number of urea groups is 1. The van der Waals surface area contributed by atoms with Gasteiger partial charge >= 0.3 is 18.1 Å². The van der Waals surface area contributed by atoms with Gasteiger partial charge in [-0.15, -0.1) is 0 Å². The molecule has 3 unspecified atom stereocenters. The predicted octanol–water partition coefficient (Wildman–Crippen LogP) is 2.87. The molecule has 0 saturated carbocycles. The Morgan fingerprint density at radius 2 is 1.68 bits per heavy atom. The quantitative estimate of drug-likeness (QED) is 0.289. The Bertz CT molecular complexity index is 932. The van der Waals surface area contributed by atoms with Crippen LogP contribution in [-0.4, -0.2) is 90.1 Å². The summed E-state index contributed by atoms with van der Waals surface area (Å²) in [5, 5.41) is 3.22. The molecular weight excluding hydrogens is 476 g/mol. The van der Waals surface area contributed by atoms with Crippen LogP contribution in [0.15, 0.2) is 30.3 Å². The van der Waals surface area contributed by atoms with Crippen LogP contribution in [0.1, 0.15) is 46.1 Å². The summed E-state index contributed by atoms with van der Waals surface area (Å²) in [5.41, 5.74) is 0.831. The van der Waals surface area contributed by atoms with Crippen molar-refractivity contribution >= 4 is 24.0 Å². The van der Waals surface area contributed by atoms with Gasteiger partial charge in [0.1, 0.15) is 12.7 Å². The molecule has 4 amide bonds. The van der Waals surface area contributed by atoms with Gasteiger partial charge in [0, 0.05) is 26.2 Å². The second-order valence-corrected chi connectivity index (χ2v) is 9.94. The van der Waals surface area contributed by atoms with Crippen LogP contribution in [0.4, 0.5) is 9.59 Å². The average Bonchev–Trinajstić information content (AvgIpc) is 2.90. The highest BCUT2D eigenvalue weighted by Gasteiger charge is 2.56. The third kappa shape index (κ3) is 7.21. The lowest BCUT2D eigenvalue weighted by molar-refractivity contribution is -0.171. The first kappa shape index (κ1) is 28.4. The van der Waals surface area contributed by atoms with E-state index in [1.54, 1.807) is 4.90 Å². The largest absolute Gasteiger partial charge is 0.459 e. The molecule has 204 valence electrons. The van der Waals surface area contributed by atoms with Crippen LogP contribution in [0.2, 0.25) is 0 Å². The molecule has 2 fully saturated rings. The number of ether oxygens (including phenoxy) is 2. The zero-order chi connectivity index (χ0) is 26.9. The van der Waals surface area contributed by atoms with Gasteiger partial charge in [-0.1, -0.05) is 51.1 Å². The fraction of sp³-hybridized carbons (Fsp3) is 0.630. The van der Waals surface area contributed by atoms with Crippen molar-refractivity contribution in [2.45, 2.75) is 59.3 Å². The summed E-state index contributed by atoms with van der Waals surface area (Å²) in [6.45, 7) is 10.5. The molecule has 2 heterocycles. The maximum atomic E-state index is 13.3. The maximum absolute atomic E-state index is 13.3. The van der Waals surface area contributed by atoms with E-state index < -0.39 is 30.1 Å². The molecule has 10 nitrogen and oxygen atoms in total. The molecule has 2 aliphatic rings. The summed E-state index contributed by atoms with van der Waals surface area (Å²) in [5.74, 6) is -1.31. The lowest BCUT2D eigenvalue weighted by atomic mass is 9.83. The average molecular weight is 517 g/mol. The fourth-order valence-electron chi connectivity index (χ4n) is 4.35. The molecule has 10 heteroatoms. The first-order valence-electron chi connectivity index (χ1n) is 13.2. The van der Waals surface area contributed by atoms with Crippen LogP contribution >= 0.6 is 0 Å². The minimum absolute atomic E-state index is 0.0755. The van der Waals surface area contributed by atoms with E-state index >= 15 is 0 Å². The number of nitrogens with one attached hydrogen (secondary N) is 1. The Kier molecular flexibility index (Phi) is 10.3. The van der Waals surface area contributed by atoms with Crippen LogP contribution < -0.4 is 5.32 Å². The topological polar surface area (TPSA) is 108 Å². The van der Waals surface area contributed by atoms with Gasteiger partial charge in [-0.05, 0) is 44.3 Å². The van der Waals surface area contributed by atoms with Crippen molar-refractivity contribution in [3.05, 3.63) is 35.9 Å². The smallest absolute Gasteiger partial charge is 0.410 e. The van der Waals surface area contributed by atoms with Crippen molar-refractivity contribution in [1.29, 1.82) is 0 Å². The SMILES string of the molecule is CCNCCCC1C(=O)N(C(=O)N2CCN(C(=O)OC(C)C(C)C)CC2)C1C(=O)OCc1ccccc1. The molecule has 1 aromatic carbocycles. The molecule has 1 N–H and O–H groups in total. The van der Waals surface area contributed by atoms with Crippen molar-refractivity contribution in [1.82, 2.24) is 20.0 Å². The molecular formula is C27H40N4O6. The van der Waals surface area contributed by atoms with Crippen molar-refractivity contribution in [3.8, 4) is 0 Å². The molecule has 37 heavy (non-hydrogen) atoms. The molecule has 0 spiro atoms. The summed E-state index contributed by atoms with van der Waals surface area (Å²) in [4.78, 5) is 56.0. The fourth-order valence-corrected chi connectivity index (χ4v) is 4.35. The van der Waals surface area contributed by atoms with Gasteiger partial charge in [0.2, 0.25) is 5.91 Å². The number of amides is 4. The Hall–Kier alpha value is -3.14. The van der Waals surface area contributed by atoms with Gasteiger partial charge in [0.15, 0.2) is 6.04 Å². The summed E-state index contributed by atoms with van der Waals surface area (Å²) in [6.07, 6.45) is 0.591. The van der Waals surface area contributed by atoms with Crippen LogP contribution in [0.5, 0.6) is 0 Å². The monoisotopic (exact) mass is 516 g/mol. The maximum Gasteiger partial charge on any atom is 0.410 e. The van der Waals surface area contributed by atoms with Gasteiger partial charge < -0.3 is 24.6 Å². The van der Waals surface area contributed by atoms with E-state index in [9.17, 15) is 19.2 Å². The number of carbonyl (C=O) groups excluding carboxylic acids is 4. The number of hydrogen-bond donors (Lipinski definition) is 1. The van der Waals surface area contributed by atoms with E-state index in [0.717, 1.165) is 23.6 Å². The van der Waals surface area contributed by atoms with Gasteiger partial charge in [-0.25, -0.2) is 19.3 Å². The molecule has 0 radical (unpaired) electrons. The van der Waals surface area contributed by atoms with Crippen molar-refractivity contribution in [2.75, 3.05) is 39.3 Å². The van der Waals surface area contributed by atoms with Crippen molar-refractivity contribution < 1.29 is 28.7 Å². The van der Waals surface area contributed by atoms with Crippen molar-refractivity contribution in [3.63, 3.8) is 0 Å². The zero-order valence-corrected chi connectivity index (χ0v) is 22.4. The van der Waals surface area contributed by atoms with E-state index in [1.807, 2.05) is 58.0 Å². The highest BCUT2D eigenvalue weighted by atomic mass is 16.6. The number of carbonyl (C=O) groups is 4. The standard InChI is InChI=1S/C27H40N4O6/c1-5-28-13-9-12-22-23(25(33)36-18-21-10-7-6-8-11-21)31(24(22)32)26(34)29-14-16-30(17-15-29)27(35)37-20(4)19(2)3/h6-8,10-11,19-20,22-23,28H,5,9,12-18H2,1-4H3.